The second kappa shape index (κ2) is 13.0. The Hall–Kier alpha value is -3.72. The van der Waals surface area contributed by atoms with Crippen molar-refractivity contribution in [2.24, 2.45) is 17.3 Å². The maximum Gasteiger partial charge on any atom is 0.482 e. The van der Waals surface area contributed by atoms with Gasteiger partial charge in [-0.05, 0) is 107 Å². The highest BCUT2D eigenvalue weighted by Gasteiger charge is 2.68. The SMILES string of the molecule is COc1c(CC(NC(=O)Cn2nnnc2CNC(=O)OC(C)(C)C)B2O[C@@H]3C[C@@H]4C[C@@H](C4(C)C)[C@]3(C)O2)cccc1C(=O)OC(C)(C)C. The molecule has 2 bridgehead atoms. The summed E-state index contributed by atoms with van der Waals surface area (Å²) >= 11 is 0. The molecule has 0 radical (unpaired) electrons. The smallest absolute Gasteiger partial charge is 0.482 e. The number of ether oxygens (including phenoxy) is 3. The van der Waals surface area contributed by atoms with Crippen LogP contribution in [0.15, 0.2) is 18.2 Å². The first-order chi connectivity index (χ1) is 22.3. The Balaban J connectivity index is 1.37. The van der Waals surface area contributed by atoms with E-state index >= 15 is 0 Å². The van der Waals surface area contributed by atoms with Crippen molar-refractivity contribution >= 4 is 25.1 Å². The number of esters is 1. The van der Waals surface area contributed by atoms with Crippen LogP contribution in [0.4, 0.5) is 4.79 Å². The zero-order chi connectivity index (χ0) is 35.2. The minimum Gasteiger partial charge on any atom is -0.496 e. The van der Waals surface area contributed by atoms with Gasteiger partial charge in [-0.25, -0.2) is 14.3 Å². The third-order valence-electron chi connectivity index (χ3n) is 9.69. The first kappa shape index (κ1) is 35.6. The van der Waals surface area contributed by atoms with E-state index in [-0.39, 0.29) is 42.4 Å². The van der Waals surface area contributed by atoms with Gasteiger partial charge in [0.25, 0.3) is 0 Å². The van der Waals surface area contributed by atoms with Gasteiger partial charge in [-0.2, -0.15) is 0 Å². The van der Waals surface area contributed by atoms with E-state index in [1.807, 2.05) is 6.07 Å². The summed E-state index contributed by atoms with van der Waals surface area (Å²) in [5, 5.41) is 17.3. The summed E-state index contributed by atoms with van der Waals surface area (Å²) < 4.78 is 31.4. The molecule has 14 nitrogen and oxygen atoms in total. The zero-order valence-corrected chi connectivity index (χ0v) is 29.7. The number of amides is 2. The number of benzene rings is 1. The van der Waals surface area contributed by atoms with E-state index < -0.39 is 47.8 Å². The number of hydrogen-bond acceptors (Lipinski definition) is 11. The molecule has 0 spiro atoms. The van der Waals surface area contributed by atoms with E-state index in [9.17, 15) is 14.4 Å². The highest BCUT2D eigenvalue weighted by Crippen LogP contribution is 2.65. The highest BCUT2D eigenvalue weighted by atomic mass is 16.7. The Morgan fingerprint density at radius 2 is 1.79 bits per heavy atom. The van der Waals surface area contributed by atoms with E-state index in [4.69, 9.17) is 23.5 Å². The van der Waals surface area contributed by atoms with E-state index in [1.165, 1.54) is 11.8 Å². The minimum absolute atomic E-state index is 0.0412. The fraction of sp³-hybridized carbons (Fsp3) is 0.697. The van der Waals surface area contributed by atoms with Crippen LogP contribution >= 0.6 is 0 Å². The summed E-state index contributed by atoms with van der Waals surface area (Å²) in [7, 11) is 0.731. The Labute approximate surface area is 282 Å². The molecule has 1 aromatic carbocycles. The fourth-order valence-corrected chi connectivity index (χ4v) is 7.33. The number of para-hydroxylation sites is 1. The molecule has 2 amide bonds. The molecule has 1 saturated heterocycles. The Kier molecular flexibility index (Phi) is 9.61. The molecule has 4 fully saturated rings. The van der Waals surface area contributed by atoms with Crippen molar-refractivity contribution < 1.29 is 37.9 Å². The molecule has 4 aliphatic rings. The van der Waals surface area contributed by atoms with Crippen molar-refractivity contribution in [2.75, 3.05) is 7.11 Å². The molecule has 2 aromatic rings. The lowest BCUT2D eigenvalue weighted by atomic mass is 9.43. The fourth-order valence-electron chi connectivity index (χ4n) is 7.33. The Morgan fingerprint density at radius 1 is 1.08 bits per heavy atom. The van der Waals surface area contributed by atoms with Crippen LogP contribution in [0.2, 0.25) is 0 Å². The van der Waals surface area contributed by atoms with Crippen molar-refractivity contribution in [1.82, 2.24) is 30.8 Å². The molecule has 3 saturated carbocycles. The maximum absolute atomic E-state index is 13.6. The molecule has 6 rings (SSSR count). The van der Waals surface area contributed by atoms with Crippen molar-refractivity contribution in [3.8, 4) is 5.75 Å². The summed E-state index contributed by atoms with van der Waals surface area (Å²) in [6.07, 6.45) is 1.46. The number of carbonyl (C=O) groups excluding carboxylic acids is 3. The molecular formula is C33H49BN6O8. The van der Waals surface area contributed by atoms with Crippen LogP contribution in [0.25, 0.3) is 0 Å². The summed E-state index contributed by atoms with van der Waals surface area (Å²) in [6, 6.07) is 5.26. The van der Waals surface area contributed by atoms with E-state index in [0.717, 1.165) is 12.8 Å². The third kappa shape index (κ3) is 7.46. The second-order valence-corrected chi connectivity index (χ2v) is 15.8. The van der Waals surface area contributed by atoms with Gasteiger partial charge in [0, 0.05) is 0 Å². The van der Waals surface area contributed by atoms with E-state index in [0.29, 0.717) is 23.1 Å². The average Bonchev–Trinajstić information content (AvgIpc) is 3.56. The largest absolute Gasteiger partial charge is 0.496 e. The predicted octanol–water partition coefficient (Wildman–Crippen LogP) is 3.66. The lowest BCUT2D eigenvalue weighted by Crippen LogP contribution is -2.65. The van der Waals surface area contributed by atoms with Gasteiger partial charge in [-0.15, -0.1) is 5.10 Å². The van der Waals surface area contributed by atoms with Crippen LogP contribution in [-0.2, 0) is 43.1 Å². The normalized spacial score (nSPS) is 25.0. The topological polar surface area (TPSA) is 165 Å². The van der Waals surface area contributed by atoms with Crippen LogP contribution in [0.5, 0.6) is 5.75 Å². The number of nitrogens with one attached hydrogen (secondary N) is 2. The maximum atomic E-state index is 13.6. The molecule has 1 aliphatic heterocycles. The van der Waals surface area contributed by atoms with Crippen LogP contribution in [0.3, 0.4) is 0 Å². The van der Waals surface area contributed by atoms with Gasteiger partial charge in [0.15, 0.2) is 5.82 Å². The first-order valence-electron chi connectivity index (χ1n) is 16.5. The first-order valence-corrected chi connectivity index (χ1v) is 16.5. The number of methoxy groups -OCH3 is 1. The number of tetrazole rings is 1. The second-order valence-electron chi connectivity index (χ2n) is 15.8. The number of carbonyl (C=O) groups is 3. The van der Waals surface area contributed by atoms with Gasteiger partial charge >= 0.3 is 19.2 Å². The molecule has 1 unspecified atom stereocenters. The molecule has 48 heavy (non-hydrogen) atoms. The predicted molar refractivity (Wildman–Crippen MR) is 175 cm³/mol. The molecule has 3 aliphatic carbocycles. The van der Waals surface area contributed by atoms with Gasteiger partial charge in [0.1, 0.15) is 29.1 Å². The van der Waals surface area contributed by atoms with Gasteiger partial charge in [0.2, 0.25) is 5.91 Å². The summed E-state index contributed by atoms with van der Waals surface area (Å²) in [5.41, 5.74) is -0.788. The summed E-state index contributed by atoms with van der Waals surface area (Å²) in [6.45, 7) is 17.1. The summed E-state index contributed by atoms with van der Waals surface area (Å²) in [4.78, 5) is 39.0. The van der Waals surface area contributed by atoms with Crippen LogP contribution < -0.4 is 15.4 Å². The van der Waals surface area contributed by atoms with Gasteiger partial charge in [-0.1, -0.05) is 26.0 Å². The van der Waals surface area contributed by atoms with Crippen molar-refractivity contribution in [2.45, 2.75) is 124 Å². The lowest BCUT2D eigenvalue weighted by molar-refractivity contribution is -0.199. The summed E-state index contributed by atoms with van der Waals surface area (Å²) in [5.74, 6) is -0.0784. The quantitative estimate of drug-likeness (QED) is 0.280. The van der Waals surface area contributed by atoms with E-state index in [2.05, 4.69) is 46.9 Å². The number of hydrogen-bond donors (Lipinski definition) is 2. The molecule has 262 valence electrons. The molecule has 2 heterocycles. The van der Waals surface area contributed by atoms with Crippen LogP contribution in [-0.4, -0.2) is 81.3 Å². The molecule has 1 aromatic heterocycles. The number of alkyl carbamates (subject to hydrolysis) is 1. The molecule has 5 atom stereocenters. The lowest BCUT2D eigenvalue weighted by Gasteiger charge is -2.64. The van der Waals surface area contributed by atoms with Crippen molar-refractivity contribution in [3.05, 3.63) is 35.2 Å². The van der Waals surface area contributed by atoms with Crippen molar-refractivity contribution in [1.29, 1.82) is 0 Å². The molecule has 15 heteroatoms. The number of rotatable bonds is 10. The minimum atomic E-state index is -0.767. The molecular weight excluding hydrogens is 619 g/mol. The zero-order valence-electron chi connectivity index (χ0n) is 29.7. The number of aromatic nitrogens is 4. The Bertz CT molecular complexity index is 1530. The van der Waals surface area contributed by atoms with Crippen LogP contribution in [0, 0.1) is 17.3 Å². The number of nitrogens with zero attached hydrogens (tertiary/aromatic N) is 4. The Morgan fingerprint density at radius 3 is 2.44 bits per heavy atom. The van der Waals surface area contributed by atoms with Crippen LogP contribution in [0.1, 0.15) is 96.9 Å². The molecule has 2 N–H and O–H groups in total. The van der Waals surface area contributed by atoms with Gasteiger partial charge in [0.05, 0.1) is 31.3 Å². The third-order valence-corrected chi connectivity index (χ3v) is 9.69. The highest BCUT2D eigenvalue weighted by molar-refractivity contribution is 6.48. The average molecular weight is 669 g/mol. The van der Waals surface area contributed by atoms with E-state index in [1.54, 1.807) is 53.7 Å². The monoisotopic (exact) mass is 668 g/mol. The van der Waals surface area contributed by atoms with Gasteiger partial charge in [-0.3, -0.25) is 4.79 Å². The standard InChI is InChI=1S/C33H49BN6O8/c1-30(2,3)45-28(42)21-13-11-12-19(27(21)44-10)14-24(34-47-23-16-20-15-22(32(20,7)8)33(23,9)48-34)36-26(41)18-40-25(37-38-39-40)17-35-29(43)46-31(4,5)6/h11-13,20,22-24H,14-18H2,1-10H3,(H,35,43)(H,36,41)/t20-,22-,23+,24?,33-/m0/s1. The van der Waals surface area contributed by atoms with Crippen molar-refractivity contribution in [3.63, 3.8) is 0 Å². The van der Waals surface area contributed by atoms with Gasteiger partial charge < -0.3 is 34.2 Å².